The summed E-state index contributed by atoms with van der Waals surface area (Å²) in [6, 6.07) is 17.2. The number of carbonyl (C=O) groups is 1. The van der Waals surface area contributed by atoms with Crippen molar-refractivity contribution < 1.29 is 9.53 Å². The number of ether oxygens (including phenoxy) is 1. The molecule has 3 rings (SSSR count). The predicted molar refractivity (Wildman–Crippen MR) is 92.2 cm³/mol. The van der Waals surface area contributed by atoms with Gasteiger partial charge in [0.15, 0.2) is 5.70 Å². The Balaban J connectivity index is 1.86. The van der Waals surface area contributed by atoms with E-state index in [4.69, 9.17) is 16.3 Å². The molecule has 0 unspecified atom stereocenters. The van der Waals surface area contributed by atoms with Gasteiger partial charge in [-0.3, -0.25) is 0 Å². The molecule has 114 valence electrons. The summed E-state index contributed by atoms with van der Waals surface area (Å²) >= 11 is 6.18. The Bertz CT molecular complexity index is 818. The van der Waals surface area contributed by atoms with E-state index in [1.165, 1.54) is 6.08 Å². The van der Waals surface area contributed by atoms with Crippen molar-refractivity contribution in [1.82, 2.24) is 0 Å². The van der Waals surface area contributed by atoms with E-state index in [9.17, 15) is 4.79 Å². The number of hydrogen-bond donors (Lipinski definition) is 0. The summed E-state index contributed by atoms with van der Waals surface area (Å²) in [6.45, 7) is 1.99. The fourth-order valence-corrected chi connectivity index (χ4v) is 2.34. The smallest absolute Gasteiger partial charge is 0.363 e. The van der Waals surface area contributed by atoms with Gasteiger partial charge >= 0.3 is 5.97 Å². The van der Waals surface area contributed by atoms with Crippen LogP contribution in [0.3, 0.4) is 0 Å². The third kappa shape index (κ3) is 3.76. The summed E-state index contributed by atoms with van der Waals surface area (Å²) < 4.78 is 5.21. The number of carbonyl (C=O) groups excluding carboxylic acids is 1. The Morgan fingerprint density at radius 1 is 1.09 bits per heavy atom. The van der Waals surface area contributed by atoms with E-state index in [1.54, 1.807) is 6.08 Å². The number of nitrogens with zero attached hydrogens (tertiary/aromatic N) is 1. The van der Waals surface area contributed by atoms with Crippen LogP contribution in [0.2, 0.25) is 0 Å². The number of aryl methyl sites for hydroxylation is 1. The Kier molecular flexibility index (Phi) is 4.40. The summed E-state index contributed by atoms with van der Waals surface area (Å²) in [5.41, 5.74) is 3.03. The summed E-state index contributed by atoms with van der Waals surface area (Å²) in [5.74, 6) is -0.203. The summed E-state index contributed by atoms with van der Waals surface area (Å²) in [7, 11) is 0. The van der Waals surface area contributed by atoms with Crippen LogP contribution < -0.4 is 0 Å². The molecular formula is C19H14ClNO2. The first kappa shape index (κ1) is 15.3. The number of rotatable bonds is 3. The van der Waals surface area contributed by atoms with Crippen molar-refractivity contribution in [1.29, 1.82) is 0 Å². The molecule has 1 aliphatic rings. The quantitative estimate of drug-likeness (QED) is 0.618. The van der Waals surface area contributed by atoms with Crippen LogP contribution in [0.15, 0.2) is 76.4 Å². The highest BCUT2D eigenvalue weighted by molar-refractivity contribution is 6.33. The van der Waals surface area contributed by atoms with Gasteiger partial charge in [-0.05, 0) is 36.8 Å². The molecule has 0 radical (unpaired) electrons. The molecule has 0 aliphatic carbocycles. The van der Waals surface area contributed by atoms with Gasteiger partial charge in [0.1, 0.15) is 0 Å². The third-order valence-corrected chi connectivity index (χ3v) is 3.52. The van der Waals surface area contributed by atoms with Gasteiger partial charge in [0, 0.05) is 10.6 Å². The van der Waals surface area contributed by atoms with Crippen molar-refractivity contribution in [3.8, 4) is 0 Å². The van der Waals surface area contributed by atoms with Crippen molar-refractivity contribution in [3.63, 3.8) is 0 Å². The second-order valence-electron chi connectivity index (χ2n) is 5.14. The van der Waals surface area contributed by atoms with E-state index in [1.807, 2.05) is 61.5 Å². The molecular weight excluding hydrogens is 310 g/mol. The molecule has 4 heteroatoms. The van der Waals surface area contributed by atoms with E-state index in [-0.39, 0.29) is 5.70 Å². The zero-order chi connectivity index (χ0) is 16.2. The monoisotopic (exact) mass is 323 g/mol. The molecule has 0 bridgehead atoms. The Hall–Kier alpha value is -2.65. The zero-order valence-corrected chi connectivity index (χ0v) is 13.2. The van der Waals surface area contributed by atoms with Crippen LogP contribution in [0.1, 0.15) is 16.7 Å². The maximum atomic E-state index is 11.9. The van der Waals surface area contributed by atoms with Gasteiger partial charge in [0.05, 0.1) is 0 Å². The minimum Gasteiger partial charge on any atom is -0.402 e. The van der Waals surface area contributed by atoms with Crippen LogP contribution in [-0.4, -0.2) is 11.9 Å². The first-order chi connectivity index (χ1) is 11.1. The molecule has 3 nitrogen and oxygen atoms in total. The standard InChI is InChI=1S/C19H14ClNO2/c1-13-7-9-15(10-8-13)18-21-17(19(22)23-18)12-16(20)11-14-5-3-2-4-6-14/h2-12H,1H3. The van der Waals surface area contributed by atoms with E-state index in [0.717, 1.165) is 16.7 Å². The number of hydrogen-bond acceptors (Lipinski definition) is 3. The van der Waals surface area contributed by atoms with Crippen molar-refractivity contribution in [2.75, 3.05) is 0 Å². The Labute approximate surface area is 139 Å². The van der Waals surface area contributed by atoms with E-state index >= 15 is 0 Å². The number of benzene rings is 2. The van der Waals surface area contributed by atoms with Crippen LogP contribution in [0.5, 0.6) is 0 Å². The molecule has 0 aromatic heterocycles. The van der Waals surface area contributed by atoms with E-state index in [0.29, 0.717) is 10.9 Å². The normalized spacial score (nSPS) is 16.4. The summed E-state index contributed by atoms with van der Waals surface area (Å²) in [6.07, 6.45) is 3.28. The molecule has 1 heterocycles. The maximum Gasteiger partial charge on any atom is 0.363 e. The molecule has 2 aromatic rings. The SMILES string of the molecule is Cc1ccc(C2=NC(=CC(Cl)=Cc3ccccc3)C(=O)O2)cc1. The van der Waals surface area contributed by atoms with Gasteiger partial charge in [0.25, 0.3) is 0 Å². The Morgan fingerprint density at radius 3 is 2.48 bits per heavy atom. The predicted octanol–water partition coefficient (Wildman–Crippen LogP) is 4.46. The highest BCUT2D eigenvalue weighted by Gasteiger charge is 2.24. The molecule has 0 fully saturated rings. The fourth-order valence-electron chi connectivity index (χ4n) is 2.11. The average molecular weight is 324 g/mol. The molecule has 0 N–H and O–H groups in total. The van der Waals surface area contributed by atoms with Gasteiger partial charge in [-0.2, -0.15) is 0 Å². The molecule has 0 saturated heterocycles. The molecule has 23 heavy (non-hydrogen) atoms. The molecule has 0 saturated carbocycles. The van der Waals surface area contributed by atoms with E-state index < -0.39 is 5.97 Å². The average Bonchev–Trinajstić information content (AvgIpc) is 2.90. The molecule has 0 atom stereocenters. The first-order valence-corrected chi connectivity index (χ1v) is 7.51. The van der Waals surface area contributed by atoms with Crippen LogP contribution >= 0.6 is 11.6 Å². The van der Waals surface area contributed by atoms with Crippen LogP contribution in [0.25, 0.3) is 6.08 Å². The topological polar surface area (TPSA) is 38.7 Å². The minimum absolute atomic E-state index is 0.192. The van der Waals surface area contributed by atoms with Crippen LogP contribution in [0.4, 0.5) is 0 Å². The second-order valence-corrected chi connectivity index (χ2v) is 5.58. The highest BCUT2D eigenvalue weighted by atomic mass is 35.5. The van der Waals surface area contributed by atoms with Crippen molar-refractivity contribution in [3.05, 3.63) is 88.1 Å². The summed E-state index contributed by atoms with van der Waals surface area (Å²) in [4.78, 5) is 16.2. The molecule has 1 aliphatic heterocycles. The maximum absolute atomic E-state index is 11.9. The third-order valence-electron chi connectivity index (χ3n) is 3.30. The number of halogens is 1. The lowest BCUT2D eigenvalue weighted by molar-refractivity contribution is -0.130. The molecule has 2 aromatic carbocycles. The van der Waals surface area contributed by atoms with Crippen LogP contribution in [-0.2, 0) is 9.53 Å². The summed E-state index contributed by atoms with van der Waals surface area (Å²) in [5, 5.41) is 0.414. The fraction of sp³-hybridized carbons (Fsp3) is 0.0526. The number of aliphatic imine (C=N–C) groups is 1. The van der Waals surface area contributed by atoms with Gasteiger partial charge in [-0.15, -0.1) is 0 Å². The molecule has 0 amide bonds. The van der Waals surface area contributed by atoms with Gasteiger partial charge in [-0.1, -0.05) is 59.6 Å². The zero-order valence-electron chi connectivity index (χ0n) is 12.5. The number of esters is 1. The minimum atomic E-state index is -0.500. The number of allylic oxidation sites excluding steroid dienone is 2. The Morgan fingerprint density at radius 2 is 1.78 bits per heavy atom. The highest BCUT2D eigenvalue weighted by Crippen LogP contribution is 2.20. The van der Waals surface area contributed by atoms with Gasteiger partial charge in [0.2, 0.25) is 5.90 Å². The van der Waals surface area contributed by atoms with Crippen molar-refractivity contribution >= 4 is 29.5 Å². The first-order valence-electron chi connectivity index (χ1n) is 7.14. The lowest BCUT2D eigenvalue weighted by atomic mass is 10.1. The lowest BCUT2D eigenvalue weighted by Crippen LogP contribution is -2.05. The number of cyclic esters (lactones) is 1. The van der Waals surface area contributed by atoms with Gasteiger partial charge in [-0.25, -0.2) is 9.79 Å². The lowest BCUT2D eigenvalue weighted by Gasteiger charge is -1.99. The van der Waals surface area contributed by atoms with Crippen molar-refractivity contribution in [2.45, 2.75) is 6.92 Å². The van der Waals surface area contributed by atoms with Crippen LogP contribution in [0, 0.1) is 6.92 Å². The second kappa shape index (κ2) is 6.63. The van der Waals surface area contributed by atoms with Gasteiger partial charge < -0.3 is 4.74 Å². The van der Waals surface area contributed by atoms with E-state index in [2.05, 4.69) is 4.99 Å². The molecule has 0 spiro atoms. The largest absolute Gasteiger partial charge is 0.402 e. The van der Waals surface area contributed by atoms with Crippen molar-refractivity contribution in [2.24, 2.45) is 4.99 Å².